The Kier molecular flexibility index (Phi) is 8.66. The Hall–Kier alpha value is -1.33. The molecule has 1 aromatic carbocycles. The van der Waals surface area contributed by atoms with Crippen molar-refractivity contribution >= 4 is 42.3 Å². The van der Waals surface area contributed by atoms with E-state index in [0.717, 1.165) is 30.4 Å². The minimum absolute atomic E-state index is 0. The first-order valence-electron chi connectivity index (χ1n) is 7.89. The lowest BCUT2D eigenvalue weighted by atomic mass is 10.0. The first-order valence-corrected chi connectivity index (χ1v) is 8.27. The summed E-state index contributed by atoms with van der Waals surface area (Å²) in [6, 6.07) is 9.52. The van der Waals surface area contributed by atoms with Crippen LogP contribution in [0.4, 0.5) is 0 Å². The summed E-state index contributed by atoms with van der Waals surface area (Å²) in [5.41, 5.74) is 8.23. The molecule has 2 atom stereocenters. The van der Waals surface area contributed by atoms with E-state index in [0.29, 0.717) is 23.0 Å². The number of pyridine rings is 1. The fourth-order valence-corrected chi connectivity index (χ4v) is 3.25. The third-order valence-electron chi connectivity index (χ3n) is 4.46. The minimum atomic E-state index is -0.0846. The number of carbonyl (C=O) groups is 1. The van der Waals surface area contributed by atoms with Gasteiger partial charge in [0.25, 0.3) is 5.91 Å². The molecule has 4 nitrogen and oxygen atoms in total. The van der Waals surface area contributed by atoms with Crippen molar-refractivity contribution in [3.8, 4) is 11.1 Å². The van der Waals surface area contributed by atoms with Crippen LogP contribution in [0.25, 0.3) is 11.1 Å². The number of benzene rings is 1. The maximum Gasteiger partial charge on any atom is 0.253 e. The first-order chi connectivity index (χ1) is 11.2. The molecule has 1 heterocycles. The summed E-state index contributed by atoms with van der Waals surface area (Å²) in [7, 11) is 0. The van der Waals surface area contributed by atoms with E-state index in [9.17, 15) is 4.79 Å². The summed E-state index contributed by atoms with van der Waals surface area (Å²) in [5, 5.41) is 3.79. The van der Waals surface area contributed by atoms with E-state index >= 15 is 0 Å². The van der Waals surface area contributed by atoms with E-state index in [4.69, 9.17) is 17.3 Å². The molecule has 1 saturated carbocycles. The molecular weight excluding hydrogens is 381 g/mol. The van der Waals surface area contributed by atoms with E-state index in [-0.39, 0.29) is 36.8 Å². The van der Waals surface area contributed by atoms with Gasteiger partial charge in [0.15, 0.2) is 0 Å². The zero-order chi connectivity index (χ0) is 16.2. The zero-order valence-corrected chi connectivity index (χ0v) is 16.0. The van der Waals surface area contributed by atoms with Crippen LogP contribution in [0.5, 0.6) is 0 Å². The summed E-state index contributed by atoms with van der Waals surface area (Å²) in [6.45, 7) is 0.619. The van der Waals surface area contributed by atoms with Crippen LogP contribution in [0.1, 0.15) is 29.6 Å². The Balaban J connectivity index is 0.00000156. The van der Waals surface area contributed by atoms with Crippen LogP contribution in [0.2, 0.25) is 5.02 Å². The van der Waals surface area contributed by atoms with Gasteiger partial charge < -0.3 is 11.1 Å². The molecule has 2 aromatic rings. The number of amides is 1. The Morgan fingerprint density at radius 1 is 1.16 bits per heavy atom. The number of nitrogens with zero attached hydrogens (tertiary/aromatic N) is 1. The van der Waals surface area contributed by atoms with Crippen molar-refractivity contribution < 1.29 is 4.79 Å². The van der Waals surface area contributed by atoms with Crippen LogP contribution in [-0.4, -0.2) is 23.5 Å². The number of nitrogens with one attached hydrogen (secondary N) is 1. The molecule has 2 unspecified atom stereocenters. The predicted octanol–water partition coefficient (Wildman–Crippen LogP) is 4.10. The molecule has 7 heteroatoms. The number of halogens is 3. The molecule has 1 fully saturated rings. The van der Waals surface area contributed by atoms with Crippen LogP contribution >= 0.6 is 36.4 Å². The van der Waals surface area contributed by atoms with Crippen molar-refractivity contribution in [3.05, 3.63) is 53.3 Å². The van der Waals surface area contributed by atoms with Gasteiger partial charge in [-0.3, -0.25) is 9.78 Å². The number of carbonyl (C=O) groups excluding carboxylic acids is 1. The summed E-state index contributed by atoms with van der Waals surface area (Å²) in [4.78, 5) is 16.7. The zero-order valence-electron chi connectivity index (χ0n) is 13.7. The quantitative estimate of drug-likeness (QED) is 0.809. The minimum Gasteiger partial charge on any atom is -0.349 e. The van der Waals surface area contributed by atoms with Crippen molar-refractivity contribution in [2.45, 2.75) is 25.3 Å². The molecule has 136 valence electrons. The highest BCUT2D eigenvalue weighted by molar-refractivity contribution is 6.30. The lowest BCUT2D eigenvalue weighted by Gasteiger charge is -2.19. The highest BCUT2D eigenvalue weighted by atomic mass is 35.5. The van der Waals surface area contributed by atoms with Crippen molar-refractivity contribution in [3.63, 3.8) is 0 Å². The van der Waals surface area contributed by atoms with Crippen LogP contribution < -0.4 is 11.1 Å². The largest absolute Gasteiger partial charge is 0.349 e. The van der Waals surface area contributed by atoms with E-state index in [1.807, 2.05) is 30.3 Å². The van der Waals surface area contributed by atoms with Gasteiger partial charge in [-0.15, -0.1) is 24.8 Å². The van der Waals surface area contributed by atoms with Gasteiger partial charge in [0.1, 0.15) is 0 Å². The van der Waals surface area contributed by atoms with Crippen molar-refractivity contribution in [1.82, 2.24) is 10.3 Å². The molecule has 0 bridgehead atoms. The van der Waals surface area contributed by atoms with Crippen LogP contribution in [0.3, 0.4) is 0 Å². The second-order valence-electron chi connectivity index (χ2n) is 5.98. The standard InChI is InChI=1S/C18H20ClN3O.2ClH/c19-16-6-4-12(5-7-16)14-8-15(11-21-10-14)18(23)22-17-3-1-2-13(17)9-20;;/h4-8,10-11,13,17H,1-3,9,20H2,(H,22,23);2*1H. The molecule has 25 heavy (non-hydrogen) atoms. The smallest absolute Gasteiger partial charge is 0.253 e. The van der Waals surface area contributed by atoms with E-state index in [1.165, 1.54) is 0 Å². The topological polar surface area (TPSA) is 68.0 Å². The molecular formula is C18H22Cl3N3O. The molecule has 0 radical (unpaired) electrons. The van der Waals surface area contributed by atoms with Crippen molar-refractivity contribution in [1.29, 1.82) is 0 Å². The molecule has 3 rings (SSSR count). The summed E-state index contributed by atoms with van der Waals surface area (Å²) in [5.74, 6) is 0.296. The van der Waals surface area contributed by atoms with Gasteiger partial charge in [0, 0.05) is 29.0 Å². The van der Waals surface area contributed by atoms with Crippen molar-refractivity contribution in [2.75, 3.05) is 6.54 Å². The summed E-state index contributed by atoms with van der Waals surface area (Å²) in [6.07, 6.45) is 6.55. The van der Waals surface area contributed by atoms with Crippen molar-refractivity contribution in [2.24, 2.45) is 11.7 Å². The number of rotatable bonds is 4. The molecule has 3 N–H and O–H groups in total. The molecule has 0 spiro atoms. The molecule has 1 aromatic heterocycles. The van der Waals surface area contributed by atoms with Crippen LogP contribution in [0, 0.1) is 5.92 Å². The Morgan fingerprint density at radius 2 is 1.88 bits per heavy atom. The van der Waals surface area contributed by atoms with Gasteiger partial charge in [-0.05, 0) is 49.1 Å². The van der Waals surface area contributed by atoms with Crippen LogP contribution in [-0.2, 0) is 0 Å². The average Bonchev–Trinajstić information content (AvgIpc) is 3.03. The highest BCUT2D eigenvalue weighted by Crippen LogP contribution is 2.25. The Bertz CT molecular complexity index is 694. The van der Waals surface area contributed by atoms with Gasteiger partial charge in [-0.25, -0.2) is 0 Å². The maximum absolute atomic E-state index is 12.5. The molecule has 1 amide bonds. The number of hydrogen-bond acceptors (Lipinski definition) is 3. The van der Waals surface area contributed by atoms with Crippen LogP contribution in [0.15, 0.2) is 42.7 Å². The molecule has 1 aliphatic rings. The SMILES string of the molecule is Cl.Cl.NCC1CCCC1NC(=O)c1cncc(-c2ccc(Cl)cc2)c1. The normalized spacial score (nSPS) is 18.8. The fraction of sp³-hybridized carbons (Fsp3) is 0.333. The lowest BCUT2D eigenvalue weighted by molar-refractivity contribution is 0.0928. The second kappa shape index (κ2) is 9.97. The second-order valence-corrected chi connectivity index (χ2v) is 6.41. The van der Waals surface area contributed by atoms with Gasteiger partial charge in [-0.2, -0.15) is 0 Å². The number of nitrogens with two attached hydrogens (primary N) is 1. The average molecular weight is 403 g/mol. The lowest BCUT2D eigenvalue weighted by Crippen LogP contribution is -2.39. The monoisotopic (exact) mass is 401 g/mol. The number of aromatic nitrogens is 1. The van der Waals surface area contributed by atoms with Gasteiger partial charge in [0.05, 0.1) is 5.56 Å². The van der Waals surface area contributed by atoms with Gasteiger partial charge in [-0.1, -0.05) is 30.2 Å². The third kappa shape index (κ3) is 5.32. The maximum atomic E-state index is 12.5. The predicted molar refractivity (Wildman–Crippen MR) is 107 cm³/mol. The third-order valence-corrected chi connectivity index (χ3v) is 4.71. The highest BCUT2D eigenvalue weighted by Gasteiger charge is 2.27. The summed E-state index contributed by atoms with van der Waals surface area (Å²) >= 11 is 5.91. The molecule has 1 aliphatic carbocycles. The summed E-state index contributed by atoms with van der Waals surface area (Å²) < 4.78 is 0. The first kappa shape index (κ1) is 21.7. The Labute approximate surface area is 165 Å². The van der Waals surface area contributed by atoms with E-state index in [1.54, 1.807) is 12.4 Å². The molecule has 0 aliphatic heterocycles. The van der Waals surface area contributed by atoms with Gasteiger partial charge >= 0.3 is 0 Å². The Morgan fingerprint density at radius 3 is 2.56 bits per heavy atom. The molecule has 0 saturated heterocycles. The fourth-order valence-electron chi connectivity index (χ4n) is 3.13. The van der Waals surface area contributed by atoms with Gasteiger partial charge in [0.2, 0.25) is 0 Å². The van der Waals surface area contributed by atoms with E-state index in [2.05, 4.69) is 10.3 Å². The number of hydrogen-bond donors (Lipinski definition) is 2. The van der Waals surface area contributed by atoms with E-state index < -0.39 is 0 Å².